The van der Waals surface area contributed by atoms with Gasteiger partial charge in [-0.25, -0.2) is 0 Å². The minimum absolute atomic E-state index is 0.546. The van der Waals surface area contributed by atoms with E-state index in [9.17, 15) is 0 Å². The summed E-state index contributed by atoms with van der Waals surface area (Å²) in [6, 6.07) is 111. The minimum atomic E-state index is -0.671. The SMILES string of the molecule is c1ccc2c(c1)Oc1ccccc1C21c2ccccc2-c2cc(-c3ccccc3N(c3cccc4c3-c3ccccc3C43c4ccccc4Oc4ccccc43)c3cccc4c3-c3ccccc3C43c4ccccc4-c4ccccc43)ccc21. The van der Waals surface area contributed by atoms with Crippen molar-refractivity contribution in [2.24, 2.45) is 0 Å². The lowest BCUT2D eigenvalue weighted by molar-refractivity contribution is 0.436. The second kappa shape index (κ2) is 16.7. The van der Waals surface area contributed by atoms with Crippen LogP contribution < -0.4 is 14.4 Å². The molecule has 0 bridgehead atoms. The highest BCUT2D eigenvalue weighted by molar-refractivity contribution is 6.06. The predicted octanol–water partition coefficient (Wildman–Crippen LogP) is 20.1. The van der Waals surface area contributed by atoms with E-state index in [-0.39, 0.29) is 0 Å². The summed E-state index contributed by atoms with van der Waals surface area (Å²) >= 11 is 0. The number of nitrogens with zero attached hydrogens (tertiary/aromatic N) is 1. The zero-order valence-corrected chi connectivity index (χ0v) is 45.6. The van der Waals surface area contributed by atoms with Gasteiger partial charge in [0.25, 0.3) is 0 Å². The van der Waals surface area contributed by atoms with Crippen molar-refractivity contribution in [1.29, 1.82) is 0 Å². The molecule has 4 aliphatic carbocycles. The Morgan fingerprint density at radius 3 is 0.929 bits per heavy atom. The summed E-state index contributed by atoms with van der Waals surface area (Å²) in [6.45, 7) is 0. The molecule has 3 nitrogen and oxygen atoms in total. The molecule has 0 radical (unpaired) electrons. The Kier molecular flexibility index (Phi) is 9.13. The molecule has 2 aliphatic heterocycles. The van der Waals surface area contributed by atoms with Crippen LogP contribution in [0, 0.1) is 0 Å². The van der Waals surface area contributed by atoms with E-state index >= 15 is 0 Å². The molecule has 0 saturated heterocycles. The van der Waals surface area contributed by atoms with Gasteiger partial charge < -0.3 is 14.4 Å². The molecule has 0 saturated carbocycles. The third kappa shape index (κ3) is 5.53. The van der Waals surface area contributed by atoms with Crippen LogP contribution in [0.25, 0.3) is 55.6 Å². The van der Waals surface area contributed by atoms with Crippen LogP contribution in [0.3, 0.4) is 0 Å². The number of hydrogen-bond acceptors (Lipinski definition) is 3. The Morgan fingerprint density at radius 2 is 0.488 bits per heavy atom. The molecule has 0 atom stereocenters. The standard InChI is InChI=1S/C81H49NO2/c1-7-29-58-52(24-1)53-25-2-8-30-59(53)79(58)61-32-10-4-27-55(61)77-68(79)38-21-41-71(77)82(72-42-22-39-69-78(72)56-28-5-11-33-62(56)81(69)66-36-14-19-45-75(66)84-76-46-20-15-37-67(76)81)70-40-16-6-23-51(70)50-47-48-63-57(49-50)54-26-3-9-31-60(54)80(63)64-34-12-17-43-73(64)83-74-44-18-13-35-65(74)80/h1-49H. The van der Waals surface area contributed by atoms with E-state index in [1.165, 1.54) is 89.0 Å². The summed E-state index contributed by atoms with van der Waals surface area (Å²) in [6.07, 6.45) is 0. The second-order valence-electron chi connectivity index (χ2n) is 23.2. The molecular weight excluding hydrogens is 1020 g/mol. The molecule has 84 heavy (non-hydrogen) atoms. The third-order valence-electron chi connectivity index (χ3n) is 19.6. The third-order valence-corrected chi connectivity index (χ3v) is 19.6. The molecule has 13 aromatic carbocycles. The maximum Gasteiger partial charge on any atom is 0.132 e. The van der Waals surface area contributed by atoms with Crippen molar-refractivity contribution in [2.75, 3.05) is 4.90 Å². The van der Waals surface area contributed by atoms with Gasteiger partial charge in [0, 0.05) is 38.9 Å². The summed E-state index contributed by atoms with van der Waals surface area (Å²) in [5, 5.41) is 0. The van der Waals surface area contributed by atoms with Crippen molar-refractivity contribution in [3.63, 3.8) is 0 Å². The lowest BCUT2D eigenvalue weighted by atomic mass is 9.66. The first-order chi connectivity index (χ1) is 41.7. The Balaban J connectivity index is 0.911. The van der Waals surface area contributed by atoms with Crippen molar-refractivity contribution in [2.45, 2.75) is 16.2 Å². The van der Waals surface area contributed by atoms with Gasteiger partial charge in [-0.3, -0.25) is 0 Å². The predicted molar refractivity (Wildman–Crippen MR) is 338 cm³/mol. The fraction of sp³-hybridized carbons (Fsp3) is 0.0370. The van der Waals surface area contributed by atoms with Crippen LogP contribution >= 0.6 is 0 Å². The summed E-state index contributed by atoms with van der Waals surface area (Å²) in [5.74, 6) is 3.52. The van der Waals surface area contributed by atoms with E-state index in [4.69, 9.17) is 9.47 Å². The van der Waals surface area contributed by atoms with Gasteiger partial charge in [-0.05, 0) is 132 Å². The van der Waals surface area contributed by atoms with Gasteiger partial charge in [0.05, 0.1) is 33.3 Å². The molecule has 0 aromatic heterocycles. The number of para-hydroxylation sites is 5. The van der Waals surface area contributed by atoms with Crippen LogP contribution in [0.2, 0.25) is 0 Å². The average Bonchev–Trinajstić information content (AvgIpc) is 1.57. The number of rotatable bonds is 4. The van der Waals surface area contributed by atoms with Crippen molar-refractivity contribution in [1.82, 2.24) is 0 Å². The van der Waals surface area contributed by atoms with Crippen molar-refractivity contribution in [3.8, 4) is 78.6 Å². The van der Waals surface area contributed by atoms with Crippen LogP contribution in [-0.4, -0.2) is 0 Å². The molecule has 3 spiro atoms. The molecule has 3 heteroatoms. The largest absolute Gasteiger partial charge is 0.457 e. The van der Waals surface area contributed by atoms with E-state index < -0.39 is 16.2 Å². The molecule has 6 aliphatic rings. The molecule has 2 heterocycles. The van der Waals surface area contributed by atoms with E-state index in [0.717, 1.165) is 73.4 Å². The van der Waals surface area contributed by atoms with Crippen LogP contribution in [0.15, 0.2) is 297 Å². The number of fused-ring (bicyclic) bond motifs is 28. The number of ether oxygens (including phenoxy) is 2. The summed E-state index contributed by atoms with van der Waals surface area (Å²) in [5.41, 5.74) is 28.5. The van der Waals surface area contributed by atoms with E-state index in [2.05, 4.69) is 302 Å². The Labute approximate surface area is 487 Å². The van der Waals surface area contributed by atoms with Gasteiger partial charge in [-0.15, -0.1) is 0 Å². The fourth-order valence-corrected chi connectivity index (χ4v) is 16.7. The number of hydrogen-bond donors (Lipinski definition) is 0. The average molecular weight is 1070 g/mol. The molecule has 13 aromatic rings. The summed E-state index contributed by atoms with van der Waals surface area (Å²) in [7, 11) is 0. The minimum Gasteiger partial charge on any atom is -0.457 e. The fourth-order valence-electron chi connectivity index (χ4n) is 16.7. The highest BCUT2D eigenvalue weighted by Gasteiger charge is 2.55. The Hall–Kier alpha value is -10.7. The number of benzene rings is 13. The molecule has 0 N–H and O–H groups in total. The van der Waals surface area contributed by atoms with E-state index in [0.29, 0.717) is 0 Å². The molecule has 0 unspecified atom stereocenters. The van der Waals surface area contributed by atoms with Crippen molar-refractivity contribution in [3.05, 3.63) is 364 Å². The maximum absolute atomic E-state index is 6.86. The first kappa shape index (κ1) is 45.9. The van der Waals surface area contributed by atoms with E-state index in [1.807, 2.05) is 0 Å². The second-order valence-corrected chi connectivity index (χ2v) is 23.2. The van der Waals surface area contributed by atoms with Crippen molar-refractivity contribution >= 4 is 17.1 Å². The van der Waals surface area contributed by atoms with Gasteiger partial charge in [-0.1, -0.05) is 249 Å². The lowest BCUT2D eigenvalue weighted by Gasteiger charge is -2.39. The van der Waals surface area contributed by atoms with Crippen LogP contribution in [0.4, 0.5) is 17.1 Å². The van der Waals surface area contributed by atoms with Crippen molar-refractivity contribution < 1.29 is 9.47 Å². The molecule has 0 amide bonds. The van der Waals surface area contributed by atoms with Crippen LogP contribution in [0.1, 0.15) is 66.8 Å². The monoisotopic (exact) mass is 1070 g/mol. The molecular formula is C81H49NO2. The molecule has 390 valence electrons. The summed E-state index contributed by atoms with van der Waals surface area (Å²) < 4.78 is 13.6. The normalized spacial score (nSPS) is 14.9. The lowest BCUT2D eigenvalue weighted by Crippen LogP contribution is -2.32. The van der Waals surface area contributed by atoms with E-state index in [1.54, 1.807) is 0 Å². The zero-order chi connectivity index (χ0) is 54.9. The van der Waals surface area contributed by atoms with Gasteiger partial charge in [0.1, 0.15) is 23.0 Å². The van der Waals surface area contributed by atoms with Crippen LogP contribution in [0.5, 0.6) is 23.0 Å². The topological polar surface area (TPSA) is 21.7 Å². The quantitative estimate of drug-likeness (QED) is 0.175. The highest BCUT2D eigenvalue weighted by atomic mass is 16.5. The highest BCUT2D eigenvalue weighted by Crippen LogP contribution is 2.69. The first-order valence-electron chi connectivity index (χ1n) is 29.2. The van der Waals surface area contributed by atoms with Gasteiger partial charge in [-0.2, -0.15) is 0 Å². The molecule has 19 rings (SSSR count). The van der Waals surface area contributed by atoms with Gasteiger partial charge >= 0.3 is 0 Å². The molecule has 0 fully saturated rings. The van der Waals surface area contributed by atoms with Gasteiger partial charge in [0.2, 0.25) is 0 Å². The first-order valence-corrected chi connectivity index (χ1v) is 29.2. The Morgan fingerprint density at radius 1 is 0.202 bits per heavy atom. The van der Waals surface area contributed by atoms with Crippen LogP contribution in [-0.2, 0) is 16.2 Å². The summed E-state index contributed by atoms with van der Waals surface area (Å²) in [4.78, 5) is 2.64. The number of anilines is 3. The maximum atomic E-state index is 6.86. The van der Waals surface area contributed by atoms with Gasteiger partial charge in [0.15, 0.2) is 0 Å². The smallest absolute Gasteiger partial charge is 0.132 e. The zero-order valence-electron chi connectivity index (χ0n) is 45.6. The Bertz CT molecular complexity index is 4890.